The highest BCUT2D eigenvalue weighted by Gasteiger charge is 2.38. The van der Waals surface area contributed by atoms with Crippen molar-refractivity contribution in [3.8, 4) is 0 Å². The molecule has 1 heterocycles. The van der Waals surface area contributed by atoms with E-state index >= 15 is 0 Å². The minimum atomic E-state index is -3.09. The van der Waals surface area contributed by atoms with Crippen molar-refractivity contribution < 1.29 is 13.5 Å². The number of hydrogen-bond acceptors (Lipinski definition) is 4. The average Bonchev–Trinajstić information content (AvgIpc) is 2.27. The third-order valence-corrected chi connectivity index (χ3v) is 5.28. The van der Waals surface area contributed by atoms with Crippen LogP contribution in [0.1, 0.15) is 12.8 Å². The minimum Gasteiger partial charge on any atom is -0.394 e. The van der Waals surface area contributed by atoms with Crippen LogP contribution in [0.2, 0.25) is 5.02 Å². The van der Waals surface area contributed by atoms with Gasteiger partial charge in [0.05, 0.1) is 23.7 Å². The van der Waals surface area contributed by atoms with E-state index in [1.807, 2.05) is 6.07 Å². The number of aliphatic hydroxyl groups is 1. The van der Waals surface area contributed by atoms with Crippen molar-refractivity contribution in [1.29, 1.82) is 0 Å². The van der Waals surface area contributed by atoms with Crippen molar-refractivity contribution in [3.63, 3.8) is 0 Å². The number of aliphatic hydroxyl groups excluding tert-OH is 1. The van der Waals surface area contributed by atoms with Crippen molar-refractivity contribution in [2.45, 2.75) is 18.4 Å². The van der Waals surface area contributed by atoms with Crippen LogP contribution in [0.4, 0.5) is 5.69 Å². The summed E-state index contributed by atoms with van der Waals surface area (Å²) in [7, 11) is -3.09. The second-order valence-corrected chi connectivity index (χ2v) is 7.39. The molecule has 18 heavy (non-hydrogen) atoms. The number of anilines is 1. The summed E-state index contributed by atoms with van der Waals surface area (Å²) in [6, 6.07) is 7.06. The zero-order valence-corrected chi connectivity index (χ0v) is 11.5. The van der Waals surface area contributed by atoms with Gasteiger partial charge in [0, 0.05) is 10.7 Å². The van der Waals surface area contributed by atoms with Crippen LogP contribution in [0.3, 0.4) is 0 Å². The van der Waals surface area contributed by atoms with E-state index in [4.69, 9.17) is 11.6 Å². The van der Waals surface area contributed by atoms with Gasteiger partial charge in [-0.05, 0) is 31.0 Å². The Bertz CT molecular complexity index is 532. The number of hydrogen-bond donors (Lipinski definition) is 2. The number of sulfone groups is 1. The highest BCUT2D eigenvalue weighted by atomic mass is 35.5. The van der Waals surface area contributed by atoms with Gasteiger partial charge in [0.2, 0.25) is 0 Å². The van der Waals surface area contributed by atoms with E-state index in [1.54, 1.807) is 18.2 Å². The summed E-state index contributed by atoms with van der Waals surface area (Å²) >= 11 is 5.89. The third kappa shape index (κ3) is 3.16. The molecular weight excluding hydrogens is 274 g/mol. The second kappa shape index (κ2) is 5.07. The van der Waals surface area contributed by atoms with Crippen LogP contribution in [0, 0.1) is 0 Å². The Kier molecular flexibility index (Phi) is 3.84. The highest BCUT2D eigenvalue weighted by Crippen LogP contribution is 2.28. The Balaban J connectivity index is 2.23. The van der Waals surface area contributed by atoms with Gasteiger partial charge >= 0.3 is 0 Å². The lowest BCUT2D eigenvalue weighted by atomic mass is 9.96. The quantitative estimate of drug-likeness (QED) is 0.889. The molecule has 1 unspecified atom stereocenters. The molecule has 0 aromatic heterocycles. The fourth-order valence-corrected chi connectivity index (χ4v) is 4.40. The van der Waals surface area contributed by atoms with Crippen LogP contribution in [0.25, 0.3) is 0 Å². The highest BCUT2D eigenvalue weighted by molar-refractivity contribution is 7.91. The van der Waals surface area contributed by atoms with Crippen LogP contribution in [0.15, 0.2) is 24.3 Å². The Labute approximate surface area is 112 Å². The molecular formula is C12H16ClNO3S. The molecule has 0 radical (unpaired) electrons. The predicted molar refractivity (Wildman–Crippen MR) is 72.8 cm³/mol. The minimum absolute atomic E-state index is 0.0387. The Morgan fingerprint density at radius 2 is 2.22 bits per heavy atom. The molecule has 1 atom stereocenters. The van der Waals surface area contributed by atoms with E-state index in [9.17, 15) is 13.5 Å². The van der Waals surface area contributed by atoms with Crippen LogP contribution in [0.5, 0.6) is 0 Å². The molecule has 0 spiro atoms. The zero-order chi connectivity index (χ0) is 13.2. The van der Waals surface area contributed by atoms with Gasteiger partial charge in [0.1, 0.15) is 0 Å². The van der Waals surface area contributed by atoms with Gasteiger partial charge in [-0.2, -0.15) is 0 Å². The first-order chi connectivity index (χ1) is 8.45. The fourth-order valence-electron chi connectivity index (χ4n) is 2.33. The smallest absolute Gasteiger partial charge is 0.152 e. The lowest BCUT2D eigenvalue weighted by molar-refractivity contribution is 0.212. The summed E-state index contributed by atoms with van der Waals surface area (Å²) in [6.45, 7) is -0.210. The molecule has 0 bridgehead atoms. The van der Waals surface area contributed by atoms with Gasteiger partial charge in [-0.1, -0.05) is 17.7 Å². The summed E-state index contributed by atoms with van der Waals surface area (Å²) in [4.78, 5) is 0. The van der Waals surface area contributed by atoms with E-state index in [0.29, 0.717) is 17.9 Å². The summed E-state index contributed by atoms with van der Waals surface area (Å²) in [5, 5.41) is 13.2. The molecule has 1 saturated heterocycles. The molecule has 2 rings (SSSR count). The lowest BCUT2D eigenvalue weighted by Crippen LogP contribution is -2.51. The first-order valence-electron chi connectivity index (χ1n) is 5.80. The van der Waals surface area contributed by atoms with Gasteiger partial charge in [-0.25, -0.2) is 8.42 Å². The molecule has 4 nitrogen and oxygen atoms in total. The molecule has 100 valence electrons. The molecule has 1 fully saturated rings. The SMILES string of the molecule is O=S1(=O)CCCC(CO)(Nc2cccc(Cl)c2)C1. The molecule has 2 N–H and O–H groups in total. The van der Waals surface area contributed by atoms with Crippen LogP contribution in [-0.2, 0) is 9.84 Å². The van der Waals surface area contributed by atoms with Crippen LogP contribution < -0.4 is 5.32 Å². The Morgan fingerprint density at radius 1 is 1.44 bits per heavy atom. The summed E-state index contributed by atoms with van der Waals surface area (Å²) in [5.74, 6) is 0.162. The Morgan fingerprint density at radius 3 is 2.83 bits per heavy atom. The van der Waals surface area contributed by atoms with Gasteiger partial charge in [-0.3, -0.25) is 0 Å². The van der Waals surface area contributed by atoms with Crippen molar-refractivity contribution in [2.24, 2.45) is 0 Å². The molecule has 1 aliphatic rings. The first-order valence-corrected chi connectivity index (χ1v) is 8.00. The maximum atomic E-state index is 11.7. The van der Waals surface area contributed by atoms with E-state index < -0.39 is 15.4 Å². The maximum Gasteiger partial charge on any atom is 0.152 e. The molecule has 1 aromatic rings. The van der Waals surface area contributed by atoms with Gasteiger partial charge < -0.3 is 10.4 Å². The molecule has 1 aromatic carbocycles. The largest absolute Gasteiger partial charge is 0.394 e. The van der Waals surface area contributed by atoms with Crippen LogP contribution >= 0.6 is 11.6 Å². The van der Waals surface area contributed by atoms with Crippen molar-refractivity contribution in [1.82, 2.24) is 0 Å². The van der Waals surface area contributed by atoms with Crippen molar-refractivity contribution >= 4 is 27.1 Å². The van der Waals surface area contributed by atoms with Crippen molar-refractivity contribution in [2.75, 3.05) is 23.4 Å². The number of rotatable bonds is 3. The lowest BCUT2D eigenvalue weighted by Gasteiger charge is -2.37. The van der Waals surface area contributed by atoms with Gasteiger partial charge in [0.25, 0.3) is 0 Å². The normalized spacial score (nSPS) is 26.8. The Hall–Kier alpha value is -0.780. The number of benzene rings is 1. The first kappa shape index (κ1) is 13.6. The number of halogens is 1. The predicted octanol–water partition coefficient (Wildman–Crippen LogP) is 1.69. The summed E-state index contributed by atoms with van der Waals surface area (Å²) in [5.41, 5.74) is -0.0597. The molecule has 1 aliphatic heterocycles. The fraction of sp³-hybridized carbons (Fsp3) is 0.500. The van der Waals surface area contributed by atoms with Gasteiger partial charge in [0.15, 0.2) is 9.84 Å². The third-order valence-electron chi connectivity index (χ3n) is 3.14. The molecule has 0 aliphatic carbocycles. The molecule has 6 heteroatoms. The van der Waals surface area contributed by atoms with E-state index in [2.05, 4.69) is 5.32 Å². The molecule has 0 saturated carbocycles. The maximum absolute atomic E-state index is 11.7. The molecule has 0 amide bonds. The van der Waals surface area contributed by atoms with Crippen LogP contribution in [-0.4, -0.2) is 37.2 Å². The van der Waals surface area contributed by atoms with E-state index in [-0.39, 0.29) is 18.1 Å². The summed E-state index contributed by atoms with van der Waals surface area (Å²) < 4.78 is 23.4. The van der Waals surface area contributed by atoms with Crippen molar-refractivity contribution in [3.05, 3.63) is 29.3 Å². The van der Waals surface area contributed by atoms with E-state index in [1.165, 1.54) is 0 Å². The van der Waals surface area contributed by atoms with E-state index in [0.717, 1.165) is 5.69 Å². The monoisotopic (exact) mass is 289 g/mol. The average molecular weight is 290 g/mol. The topological polar surface area (TPSA) is 66.4 Å². The number of nitrogens with one attached hydrogen (secondary N) is 1. The standard InChI is InChI=1S/C12H16ClNO3S/c13-10-3-1-4-11(7-10)14-12(8-15)5-2-6-18(16,17)9-12/h1,3-4,7,14-15H,2,5-6,8-9H2. The van der Waals surface area contributed by atoms with Gasteiger partial charge in [-0.15, -0.1) is 0 Å². The zero-order valence-electron chi connectivity index (χ0n) is 9.89. The second-order valence-electron chi connectivity index (χ2n) is 4.77. The summed E-state index contributed by atoms with van der Waals surface area (Å²) in [6.07, 6.45) is 1.20.